The number of aryl methyl sites for hydroxylation is 1. The fourth-order valence-electron chi connectivity index (χ4n) is 4.62. The number of nitrogens with one attached hydrogen (secondary N) is 1. The molecule has 2 aromatic carbocycles. The number of nitrogens with zero attached hydrogens (tertiary/aromatic N) is 3. The summed E-state index contributed by atoms with van der Waals surface area (Å²) in [7, 11) is 3.32. The van der Waals surface area contributed by atoms with Crippen LogP contribution in [0.1, 0.15) is 29.2 Å². The number of pyridine rings is 1. The summed E-state index contributed by atoms with van der Waals surface area (Å²) in [4.78, 5) is 6.79. The van der Waals surface area contributed by atoms with Crippen molar-refractivity contribution >= 4 is 23.0 Å². The molecule has 0 unspecified atom stereocenters. The first-order chi connectivity index (χ1) is 16.6. The van der Waals surface area contributed by atoms with Gasteiger partial charge in [0.2, 0.25) is 0 Å². The summed E-state index contributed by atoms with van der Waals surface area (Å²) in [6, 6.07) is 26.0. The van der Waals surface area contributed by atoms with Crippen molar-refractivity contribution in [3.63, 3.8) is 0 Å². The van der Waals surface area contributed by atoms with Gasteiger partial charge in [0, 0.05) is 29.3 Å². The molecule has 1 saturated heterocycles. The molecule has 1 N–H and O–H groups in total. The van der Waals surface area contributed by atoms with Gasteiger partial charge in [-0.05, 0) is 67.7 Å². The zero-order valence-electron chi connectivity index (χ0n) is 19.3. The van der Waals surface area contributed by atoms with E-state index in [0.29, 0.717) is 10.9 Å². The molecule has 3 heterocycles. The summed E-state index contributed by atoms with van der Waals surface area (Å²) in [6.45, 7) is 2.11. The third kappa shape index (κ3) is 3.78. The molecule has 0 radical (unpaired) electrons. The normalized spacial score (nSPS) is 17.5. The van der Waals surface area contributed by atoms with Crippen molar-refractivity contribution in [3.8, 4) is 17.2 Å². The Bertz CT molecular complexity index is 1310. The molecule has 34 heavy (non-hydrogen) atoms. The van der Waals surface area contributed by atoms with Crippen molar-refractivity contribution in [2.24, 2.45) is 0 Å². The largest absolute Gasteiger partial charge is 0.497 e. The van der Waals surface area contributed by atoms with Gasteiger partial charge in [0.15, 0.2) is 5.11 Å². The van der Waals surface area contributed by atoms with E-state index in [-0.39, 0.29) is 12.1 Å². The molecule has 0 aliphatic carbocycles. The number of ether oxygens (including phenoxy) is 2. The Balaban J connectivity index is 1.73. The predicted molar refractivity (Wildman–Crippen MR) is 138 cm³/mol. The first-order valence-electron chi connectivity index (χ1n) is 11.1. The van der Waals surface area contributed by atoms with Gasteiger partial charge in [-0.3, -0.25) is 4.98 Å². The van der Waals surface area contributed by atoms with Gasteiger partial charge in [-0.2, -0.15) is 0 Å². The van der Waals surface area contributed by atoms with Gasteiger partial charge in [-0.25, -0.2) is 0 Å². The van der Waals surface area contributed by atoms with Crippen LogP contribution in [0.5, 0.6) is 11.5 Å². The molecule has 5 rings (SSSR count). The maximum absolute atomic E-state index is 5.91. The lowest BCUT2D eigenvalue weighted by Crippen LogP contribution is -2.30. The van der Waals surface area contributed by atoms with E-state index in [2.05, 4.69) is 63.1 Å². The van der Waals surface area contributed by atoms with E-state index in [1.54, 1.807) is 14.2 Å². The van der Waals surface area contributed by atoms with Crippen molar-refractivity contribution in [1.29, 1.82) is 0 Å². The Labute approximate surface area is 204 Å². The number of rotatable bonds is 6. The number of aromatic nitrogens is 2. The third-order valence-corrected chi connectivity index (χ3v) is 6.48. The SMILES string of the molecule is COc1ccc(OC)c(N2C(=S)N[C@@H](c3ccccn3)[C@H]2c2ccc(C)n2-c2ccccc2)c1. The van der Waals surface area contributed by atoms with Crippen molar-refractivity contribution < 1.29 is 9.47 Å². The maximum Gasteiger partial charge on any atom is 0.174 e. The van der Waals surface area contributed by atoms with E-state index in [1.165, 1.54) is 0 Å². The van der Waals surface area contributed by atoms with E-state index >= 15 is 0 Å². The predicted octanol–water partition coefficient (Wildman–Crippen LogP) is 5.38. The highest BCUT2D eigenvalue weighted by molar-refractivity contribution is 7.80. The van der Waals surface area contributed by atoms with E-state index in [1.807, 2.05) is 48.7 Å². The van der Waals surface area contributed by atoms with Crippen LogP contribution in [0.25, 0.3) is 5.69 Å². The molecular formula is C27H26N4O2S. The molecule has 1 aliphatic heterocycles. The van der Waals surface area contributed by atoms with Crippen LogP contribution in [0, 0.1) is 6.92 Å². The van der Waals surface area contributed by atoms with E-state index in [4.69, 9.17) is 21.7 Å². The Morgan fingerprint density at radius 3 is 2.41 bits per heavy atom. The molecular weight excluding hydrogens is 444 g/mol. The second kappa shape index (κ2) is 9.19. The number of hydrogen-bond acceptors (Lipinski definition) is 4. The fraction of sp³-hybridized carbons (Fsp3) is 0.185. The Morgan fingerprint density at radius 1 is 0.912 bits per heavy atom. The van der Waals surface area contributed by atoms with Crippen LogP contribution in [0.2, 0.25) is 0 Å². The maximum atomic E-state index is 5.91. The van der Waals surface area contributed by atoms with Crippen molar-refractivity contribution in [1.82, 2.24) is 14.9 Å². The number of para-hydroxylation sites is 1. The summed E-state index contributed by atoms with van der Waals surface area (Å²) in [5.41, 5.74) is 5.07. The Morgan fingerprint density at radius 2 is 1.71 bits per heavy atom. The lowest BCUT2D eigenvalue weighted by atomic mass is 10.0. The molecule has 1 aliphatic rings. The van der Waals surface area contributed by atoms with E-state index in [9.17, 15) is 0 Å². The van der Waals surface area contributed by atoms with Gasteiger partial charge in [0.1, 0.15) is 17.5 Å². The van der Waals surface area contributed by atoms with Gasteiger partial charge in [0.25, 0.3) is 0 Å². The molecule has 2 atom stereocenters. The first kappa shape index (κ1) is 22.0. The number of anilines is 1. The Kier molecular flexibility index (Phi) is 5.94. The van der Waals surface area contributed by atoms with Crippen LogP contribution in [-0.4, -0.2) is 28.9 Å². The number of benzene rings is 2. The minimum Gasteiger partial charge on any atom is -0.497 e. The van der Waals surface area contributed by atoms with Gasteiger partial charge >= 0.3 is 0 Å². The van der Waals surface area contributed by atoms with Crippen LogP contribution >= 0.6 is 12.2 Å². The van der Waals surface area contributed by atoms with Gasteiger partial charge in [-0.15, -0.1) is 0 Å². The molecule has 6 nitrogen and oxygen atoms in total. The fourth-order valence-corrected chi connectivity index (χ4v) is 4.96. The minimum absolute atomic E-state index is 0.165. The van der Waals surface area contributed by atoms with Crippen LogP contribution in [0.3, 0.4) is 0 Å². The van der Waals surface area contributed by atoms with Gasteiger partial charge in [-0.1, -0.05) is 24.3 Å². The first-order valence-corrected chi connectivity index (χ1v) is 11.5. The van der Waals surface area contributed by atoms with E-state index < -0.39 is 0 Å². The molecule has 2 aromatic heterocycles. The summed E-state index contributed by atoms with van der Waals surface area (Å²) < 4.78 is 13.6. The highest BCUT2D eigenvalue weighted by Crippen LogP contribution is 2.46. The number of methoxy groups -OCH3 is 2. The number of hydrogen-bond donors (Lipinski definition) is 1. The molecule has 7 heteroatoms. The Hall–Kier alpha value is -3.84. The molecule has 4 aromatic rings. The average molecular weight is 471 g/mol. The third-order valence-electron chi connectivity index (χ3n) is 6.17. The van der Waals surface area contributed by atoms with E-state index in [0.717, 1.165) is 34.2 Å². The summed E-state index contributed by atoms with van der Waals surface area (Å²) >= 11 is 5.91. The summed E-state index contributed by atoms with van der Waals surface area (Å²) in [5.74, 6) is 1.44. The molecule has 0 bridgehead atoms. The average Bonchev–Trinajstić information content (AvgIpc) is 3.43. The second-order valence-corrected chi connectivity index (χ2v) is 8.49. The summed E-state index contributed by atoms with van der Waals surface area (Å²) in [6.07, 6.45) is 1.81. The van der Waals surface area contributed by atoms with Crippen molar-refractivity contribution in [2.75, 3.05) is 19.1 Å². The highest BCUT2D eigenvalue weighted by Gasteiger charge is 2.43. The molecule has 0 spiro atoms. The quantitative estimate of drug-likeness (QED) is 0.382. The lowest BCUT2D eigenvalue weighted by molar-refractivity contribution is 0.402. The zero-order chi connectivity index (χ0) is 23.7. The van der Waals surface area contributed by atoms with Crippen molar-refractivity contribution in [3.05, 3.63) is 102 Å². The second-order valence-electron chi connectivity index (χ2n) is 8.10. The zero-order valence-corrected chi connectivity index (χ0v) is 20.1. The van der Waals surface area contributed by atoms with Crippen LogP contribution < -0.4 is 19.7 Å². The molecule has 172 valence electrons. The summed E-state index contributed by atoms with van der Waals surface area (Å²) in [5, 5.41) is 4.13. The molecule has 0 saturated carbocycles. The number of thiocarbonyl (C=S) groups is 1. The monoisotopic (exact) mass is 470 g/mol. The van der Waals surface area contributed by atoms with Gasteiger partial charge < -0.3 is 24.3 Å². The molecule has 1 fully saturated rings. The van der Waals surface area contributed by atoms with Crippen LogP contribution in [0.4, 0.5) is 5.69 Å². The standard InChI is InChI=1S/C27H26N4O2S/c1-18-12-14-22(30(18)19-9-5-4-6-10-19)26-25(21-11-7-8-16-28-21)29-27(34)31(26)23-17-20(32-2)13-15-24(23)33-3/h4-17,25-26H,1-3H3,(H,29,34)/t25-,26+/m0/s1. The smallest absolute Gasteiger partial charge is 0.174 e. The topological polar surface area (TPSA) is 51.6 Å². The van der Waals surface area contributed by atoms with Crippen molar-refractivity contribution in [2.45, 2.75) is 19.0 Å². The highest BCUT2D eigenvalue weighted by atomic mass is 32.1. The minimum atomic E-state index is -0.183. The van der Waals surface area contributed by atoms with Gasteiger partial charge in [0.05, 0.1) is 31.6 Å². The van der Waals surface area contributed by atoms with Crippen LogP contribution in [-0.2, 0) is 0 Å². The van der Waals surface area contributed by atoms with Crippen LogP contribution in [0.15, 0.2) is 85.1 Å². The molecule has 0 amide bonds. The lowest BCUT2D eigenvalue weighted by Gasteiger charge is -2.30.